The van der Waals surface area contributed by atoms with E-state index in [0.717, 1.165) is 37.6 Å². The summed E-state index contributed by atoms with van der Waals surface area (Å²) in [6.07, 6.45) is 6.24. The van der Waals surface area contributed by atoms with Crippen molar-refractivity contribution < 1.29 is 0 Å². The topological polar surface area (TPSA) is 53.1 Å². The van der Waals surface area contributed by atoms with Crippen LogP contribution in [0.25, 0.3) is 0 Å². The minimum Gasteiger partial charge on any atom is -0.373 e. The van der Waals surface area contributed by atoms with Gasteiger partial charge >= 0.3 is 0 Å². The highest BCUT2D eigenvalue weighted by atomic mass is 15.2. The molecule has 1 aromatic rings. The lowest BCUT2D eigenvalue weighted by molar-refractivity contribution is 0.226. The number of likely N-dealkylation sites (N-methyl/N-ethyl adjacent to an activating group) is 1. The first-order chi connectivity index (χ1) is 9.78. The first-order valence-electron chi connectivity index (χ1n) is 7.79. The summed E-state index contributed by atoms with van der Waals surface area (Å²) < 4.78 is 0. The highest BCUT2D eigenvalue weighted by Crippen LogP contribution is 2.23. The van der Waals surface area contributed by atoms with Crippen molar-refractivity contribution in [1.29, 1.82) is 0 Å². The average molecular weight is 277 g/mol. The number of likely N-dealkylation sites (tertiary alicyclic amines) is 1. The van der Waals surface area contributed by atoms with Gasteiger partial charge in [-0.3, -0.25) is 0 Å². The lowest BCUT2D eigenvalue weighted by atomic mass is 10.0. The van der Waals surface area contributed by atoms with E-state index in [4.69, 9.17) is 0 Å². The molecule has 5 heteroatoms. The first-order valence-corrected chi connectivity index (χ1v) is 7.79. The number of nitrogens with zero attached hydrogens (tertiary/aromatic N) is 3. The van der Waals surface area contributed by atoms with Crippen molar-refractivity contribution >= 4 is 11.6 Å². The van der Waals surface area contributed by atoms with Crippen LogP contribution in [0.4, 0.5) is 11.6 Å². The lowest BCUT2D eigenvalue weighted by Crippen LogP contribution is -2.42. The predicted octanol–water partition coefficient (Wildman–Crippen LogP) is 2.37. The molecule has 0 bridgehead atoms. The molecule has 1 aliphatic rings. The summed E-state index contributed by atoms with van der Waals surface area (Å²) in [4.78, 5) is 11.3. The minimum absolute atomic E-state index is 0.499. The number of hydrogen-bond donors (Lipinski definition) is 2. The molecule has 1 aromatic heterocycles. The van der Waals surface area contributed by atoms with Gasteiger partial charge in [0.05, 0.1) is 0 Å². The fourth-order valence-corrected chi connectivity index (χ4v) is 2.89. The van der Waals surface area contributed by atoms with Gasteiger partial charge in [0, 0.05) is 25.2 Å². The van der Waals surface area contributed by atoms with Crippen LogP contribution in [0.3, 0.4) is 0 Å². The second kappa shape index (κ2) is 7.43. The fraction of sp³-hybridized carbons (Fsp3) is 0.733. The van der Waals surface area contributed by atoms with Gasteiger partial charge in [-0.2, -0.15) is 0 Å². The molecule has 0 aliphatic carbocycles. The van der Waals surface area contributed by atoms with Crippen molar-refractivity contribution in [1.82, 2.24) is 14.9 Å². The van der Waals surface area contributed by atoms with E-state index in [1.807, 2.05) is 7.05 Å². The van der Waals surface area contributed by atoms with Crippen molar-refractivity contribution in [3.05, 3.63) is 11.9 Å². The third-order valence-electron chi connectivity index (χ3n) is 3.98. The van der Waals surface area contributed by atoms with Crippen molar-refractivity contribution in [2.75, 3.05) is 37.3 Å². The van der Waals surface area contributed by atoms with Gasteiger partial charge in [-0.05, 0) is 32.4 Å². The Balaban J connectivity index is 2.11. The monoisotopic (exact) mass is 277 g/mol. The molecule has 1 fully saturated rings. The van der Waals surface area contributed by atoms with E-state index < -0.39 is 0 Å². The SMILES string of the molecule is CCCc1c(NC)ncnc1NC1CCCN(CC)C1. The van der Waals surface area contributed by atoms with E-state index >= 15 is 0 Å². The van der Waals surface area contributed by atoms with E-state index in [-0.39, 0.29) is 0 Å². The molecule has 0 spiro atoms. The zero-order valence-corrected chi connectivity index (χ0v) is 12.9. The zero-order valence-electron chi connectivity index (χ0n) is 12.9. The van der Waals surface area contributed by atoms with Crippen LogP contribution in [0.15, 0.2) is 6.33 Å². The quantitative estimate of drug-likeness (QED) is 0.836. The van der Waals surface area contributed by atoms with Gasteiger partial charge in [0.2, 0.25) is 0 Å². The maximum absolute atomic E-state index is 4.47. The molecule has 2 heterocycles. The van der Waals surface area contributed by atoms with Crippen LogP contribution >= 0.6 is 0 Å². The van der Waals surface area contributed by atoms with E-state index in [1.165, 1.54) is 24.9 Å². The Bertz CT molecular complexity index is 421. The summed E-state index contributed by atoms with van der Waals surface area (Å²) in [5, 5.41) is 6.82. The van der Waals surface area contributed by atoms with Gasteiger partial charge in [-0.15, -0.1) is 0 Å². The second-order valence-electron chi connectivity index (χ2n) is 5.43. The smallest absolute Gasteiger partial charge is 0.134 e. The molecule has 5 nitrogen and oxygen atoms in total. The summed E-state index contributed by atoms with van der Waals surface area (Å²) in [5.74, 6) is 1.96. The number of piperidine rings is 1. The van der Waals surface area contributed by atoms with Crippen molar-refractivity contribution in [3.63, 3.8) is 0 Å². The number of aromatic nitrogens is 2. The molecular formula is C15H27N5. The van der Waals surface area contributed by atoms with Gasteiger partial charge in [-0.1, -0.05) is 20.3 Å². The molecule has 1 aliphatic heterocycles. The fourth-order valence-electron chi connectivity index (χ4n) is 2.89. The summed E-state index contributed by atoms with van der Waals surface area (Å²) in [6.45, 7) is 7.89. The maximum atomic E-state index is 4.47. The lowest BCUT2D eigenvalue weighted by Gasteiger charge is -2.33. The van der Waals surface area contributed by atoms with Crippen molar-refractivity contribution in [2.24, 2.45) is 0 Å². The molecule has 0 amide bonds. The highest BCUT2D eigenvalue weighted by Gasteiger charge is 2.20. The predicted molar refractivity (Wildman–Crippen MR) is 84.3 cm³/mol. The van der Waals surface area contributed by atoms with E-state index in [9.17, 15) is 0 Å². The number of nitrogens with one attached hydrogen (secondary N) is 2. The molecule has 0 radical (unpaired) electrons. The van der Waals surface area contributed by atoms with Gasteiger partial charge in [0.25, 0.3) is 0 Å². The summed E-state index contributed by atoms with van der Waals surface area (Å²) >= 11 is 0. The van der Waals surface area contributed by atoms with Gasteiger partial charge in [0.15, 0.2) is 0 Å². The van der Waals surface area contributed by atoms with Crippen LogP contribution in [-0.2, 0) is 6.42 Å². The molecule has 0 aromatic carbocycles. The Morgan fingerprint density at radius 1 is 1.30 bits per heavy atom. The Labute approximate surface area is 122 Å². The van der Waals surface area contributed by atoms with Gasteiger partial charge in [0.1, 0.15) is 18.0 Å². The van der Waals surface area contributed by atoms with Crippen LogP contribution in [0.1, 0.15) is 38.7 Å². The molecule has 2 rings (SSSR count). The standard InChI is InChI=1S/C15H27N5/c1-4-7-13-14(16-3)17-11-18-15(13)19-12-8-6-9-20(5-2)10-12/h11-12H,4-10H2,1-3H3,(H2,16,17,18,19). The molecule has 0 saturated carbocycles. The van der Waals surface area contributed by atoms with Gasteiger partial charge < -0.3 is 15.5 Å². The summed E-state index contributed by atoms with van der Waals surface area (Å²) in [6, 6.07) is 0.499. The molecule has 112 valence electrons. The molecule has 1 saturated heterocycles. The Kier molecular flexibility index (Phi) is 5.59. The Morgan fingerprint density at radius 2 is 2.10 bits per heavy atom. The van der Waals surface area contributed by atoms with E-state index in [0.29, 0.717) is 6.04 Å². The van der Waals surface area contributed by atoms with E-state index in [2.05, 4.69) is 39.3 Å². The Hall–Kier alpha value is -1.36. The summed E-state index contributed by atoms with van der Waals surface area (Å²) in [7, 11) is 1.92. The minimum atomic E-state index is 0.499. The largest absolute Gasteiger partial charge is 0.373 e. The van der Waals surface area contributed by atoms with Crippen molar-refractivity contribution in [3.8, 4) is 0 Å². The van der Waals surface area contributed by atoms with Crippen LogP contribution in [0.5, 0.6) is 0 Å². The Morgan fingerprint density at radius 3 is 2.80 bits per heavy atom. The summed E-state index contributed by atoms with van der Waals surface area (Å²) in [5.41, 5.74) is 1.21. The second-order valence-corrected chi connectivity index (χ2v) is 5.43. The molecule has 1 unspecified atom stereocenters. The van der Waals surface area contributed by atoms with Gasteiger partial charge in [-0.25, -0.2) is 9.97 Å². The van der Waals surface area contributed by atoms with E-state index in [1.54, 1.807) is 6.33 Å². The number of rotatable bonds is 6. The first kappa shape index (κ1) is 15.0. The highest BCUT2D eigenvalue weighted by molar-refractivity contribution is 5.57. The number of hydrogen-bond acceptors (Lipinski definition) is 5. The maximum Gasteiger partial charge on any atom is 0.134 e. The molecular weight excluding hydrogens is 250 g/mol. The van der Waals surface area contributed by atoms with Crippen LogP contribution in [0, 0.1) is 0 Å². The number of anilines is 2. The average Bonchev–Trinajstić information content (AvgIpc) is 2.49. The van der Waals surface area contributed by atoms with Crippen molar-refractivity contribution in [2.45, 2.75) is 45.6 Å². The third kappa shape index (κ3) is 3.60. The molecule has 2 N–H and O–H groups in total. The molecule has 1 atom stereocenters. The normalized spacial score (nSPS) is 19.9. The third-order valence-corrected chi connectivity index (χ3v) is 3.98. The van der Waals surface area contributed by atoms with Crippen LogP contribution in [0.2, 0.25) is 0 Å². The zero-order chi connectivity index (χ0) is 14.4. The molecule has 20 heavy (non-hydrogen) atoms. The van der Waals surface area contributed by atoms with Crippen LogP contribution in [-0.4, -0.2) is 47.6 Å². The van der Waals surface area contributed by atoms with Crippen LogP contribution < -0.4 is 10.6 Å².